The average Bonchev–Trinajstić information content (AvgIpc) is 2.40. The third kappa shape index (κ3) is 6.93. The number of anilines is 2. The van der Waals surface area contributed by atoms with E-state index in [9.17, 15) is 13.2 Å². The number of benzene rings is 1. The number of hydrogen-bond donors (Lipinski definition) is 3. The third-order valence-corrected chi connectivity index (χ3v) is 3.01. The Hall–Kier alpha value is -1.84. The summed E-state index contributed by atoms with van der Waals surface area (Å²) in [5, 5.41) is 5.17. The lowest BCUT2D eigenvalue weighted by molar-refractivity contribution is -0.0970. The molecule has 1 rings (SSSR count). The zero-order chi connectivity index (χ0) is 15.9. The molecule has 0 aromatic heterocycles. The van der Waals surface area contributed by atoms with E-state index in [-0.39, 0.29) is 6.54 Å². The van der Waals surface area contributed by atoms with Crippen LogP contribution in [0.3, 0.4) is 0 Å². The second kappa shape index (κ2) is 7.81. The molecule has 2 amide bonds. The van der Waals surface area contributed by atoms with Crippen LogP contribution in [-0.4, -0.2) is 47.8 Å². The summed E-state index contributed by atoms with van der Waals surface area (Å²) < 4.78 is 34.3. The molecule has 0 aliphatic carbocycles. The van der Waals surface area contributed by atoms with Crippen molar-refractivity contribution >= 4 is 27.4 Å². The minimum absolute atomic E-state index is 0.201. The minimum Gasteiger partial charge on any atom is -0.354 e. The van der Waals surface area contributed by atoms with E-state index in [1.807, 2.05) is 0 Å². The predicted octanol–water partition coefficient (Wildman–Crippen LogP) is 0.798. The van der Waals surface area contributed by atoms with Crippen LogP contribution in [0.2, 0.25) is 0 Å². The van der Waals surface area contributed by atoms with Gasteiger partial charge < -0.3 is 20.1 Å². The van der Waals surface area contributed by atoms with Crippen LogP contribution in [0, 0.1) is 0 Å². The maximum absolute atomic E-state index is 11.6. The molecule has 1 aromatic rings. The summed E-state index contributed by atoms with van der Waals surface area (Å²) in [5.41, 5.74) is 0.945. The van der Waals surface area contributed by atoms with Crippen LogP contribution in [-0.2, 0) is 19.5 Å². The number of carbonyl (C=O) groups excluding carboxylic acids is 1. The molecule has 3 N–H and O–H groups in total. The zero-order valence-electron chi connectivity index (χ0n) is 12.0. The summed E-state index contributed by atoms with van der Waals surface area (Å²) in [6.07, 6.45) is 0.548. The summed E-state index contributed by atoms with van der Waals surface area (Å²) >= 11 is 0. The third-order valence-electron chi connectivity index (χ3n) is 2.40. The Bertz CT molecular complexity index is 555. The van der Waals surface area contributed by atoms with Crippen LogP contribution < -0.4 is 15.4 Å². The molecule has 0 radical (unpaired) electrons. The van der Waals surface area contributed by atoms with Crippen LogP contribution >= 0.6 is 0 Å². The Balaban J connectivity index is 2.50. The van der Waals surface area contributed by atoms with Gasteiger partial charge in [-0.1, -0.05) is 0 Å². The van der Waals surface area contributed by atoms with Gasteiger partial charge in [0.2, 0.25) is 10.0 Å². The molecule has 118 valence electrons. The molecule has 0 saturated carbocycles. The van der Waals surface area contributed by atoms with Crippen LogP contribution in [0.5, 0.6) is 0 Å². The standard InChI is InChI=1S/C12H19N3O5S/c1-19-11(20-2)8-13-12(16)14-9-4-6-10(7-5-9)15-21(3,17)18/h4-7,11,15H,8H2,1-3H3,(H2,13,14,16). The van der Waals surface area contributed by atoms with Gasteiger partial charge in [-0.15, -0.1) is 0 Å². The van der Waals surface area contributed by atoms with Crippen LogP contribution in [0.1, 0.15) is 0 Å². The van der Waals surface area contributed by atoms with Gasteiger partial charge in [0.1, 0.15) is 0 Å². The summed E-state index contributed by atoms with van der Waals surface area (Å²) in [4.78, 5) is 11.6. The molecule has 9 heteroatoms. The van der Waals surface area contributed by atoms with Gasteiger partial charge >= 0.3 is 6.03 Å². The van der Waals surface area contributed by atoms with E-state index in [4.69, 9.17) is 9.47 Å². The molecule has 0 fully saturated rings. The van der Waals surface area contributed by atoms with Gasteiger partial charge in [0, 0.05) is 25.6 Å². The van der Waals surface area contributed by atoms with Crippen molar-refractivity contribution in [1.29, 1.82) is 0 Å². The maximum Gasteiger partial charge on any atom is 0.319 e. The van der Waals surface area contributed by atoms with Crippen LogP contribution in [0.15, 0.2) is 24.3 Å². The zero-order valence-corrected chi connectivity index (χ0v) is 12.9. The molecule has 0 atom stereocenters. The molecule has 1 aromatic carbocycles. The second-order valence-electron chi connectivity index (χ2n) is 4.19. The Kier molecular flexibility index (Phi) is 6.40. The summed E-state index contributed by atoms with van der Waals surface area (Å²) in [6, 6.07) is 5.83. The van der Waals surface area contributed by atoms with E-state index in [1.54, 1.807) is 24.3 Å². The highest BCUT2D eigenvalue weighted by Gasteiger charge is 2.08. The molecule has 0 spiro atoms. The Morgan fingerprint density at radius 3 is 2.14 bits per heavy atom. The molecule has 8 nitrogen and oxygen atoms in total. The van der Waals surface area contributed by atoms with Crippen molar-refractivity contribution in [3.63, 3.8) is 0 Å². The molecular weight excluding hydrogens is 298 g/mol. The average molecular weight is 317 g/mol. The highest BCUT2D eigenvalue weighted by Crippen LogP contribution is 2.14. The topological polar surface area (TPSA) is 106 Å². The number of amides is 2. The first kappa shape index (κ1) is 17.2. The van der Waals surface area contributed by atoms with E-state index < -0.39 is 22.3 Å². The Labute approximate surface area is 123 Å². The molecule has 0 unspecified atom stereocenters. The largest absolute Gasteiger partial charge is 0.354 e. The maximum atomic E-state index is 11.6. The van der Waals surface area contributed by atoms with Crippen molar-refractivity contribution in [3.05, 3.63) is 24.3 Å². The lowest BCUT2D eigenvalue weighted by atomic mass is 10.3. The quantitative estimate of drug-likeness (QED) is 0.645. The van der Waals surface area contributed by atoms with Crippen LogP contribution in [0.25, 0.3) is 0 Å². The number of urea groups is 1. The summed E-state index contributed by atoms with van der Waals surface area (Å²) in [7, 11) is -0.368. The number of nitrogens with one attached hydrogen (secondary N) is 3. The predicted molar refractivity (Wildman–Crippen MR) is 79.7 cm³/mol. The number of rotatable bonds is 7. The van der Waals surface area contributed by atoms with Gasteiger partial charge in [0.25, 0.3) is 0 Å². The van der Waals surface area contributed by atoms with Crippen molar-refractivity contribution in [3.8, 4) is 0 Å². The van der Waals surface area contributed by atoms with E-state index in [0.717, 1.165) is 6.26 Å². The number of ether oxygens (including phenoxy) is 2. The number of carbonyl (C=O) groups is 1. The lowest BCUT2D eigenvalue weighted by Gasteiger charge is -2.14. The van der Waals surface area contributed by atoms with Crippen molar-refractivity contribution in [2.45, 2.75) is 6.29 Å². The summed E-state index contributed by atoms with van der Waals surface area (Å²) in [6.45, 7) is 0.201. The van der Waals surface area contributed by atoms with Gasteiger partial charge in [-0.3, -0.25) is 4.72 Å². The van der Waals surface area contributed by atoms with E-state index in [0.29, 0.717) is 11.4 Å². The molecule has 0 aliphatic rings. The fraction of sp³-hybridized carbons (Fsp3) is 0.417. The normalized spacial score (nSPS) is 11.2. The van der Waals surface area contributed by atoms with Crippen molar-refractivity contribution < 1.29 is 22.7 Å². The lowest BCUT2D eigenvalue weighted by Crippen LogP contribution is -2.36. The molecule has 0 heterocycles. The van der Waals surface area contributed by atoms with Crippen molar-refractivity contribution in [2.75, 3.05) is 37.1 Å². The van der Waals surface area contributed by atoms with Gasteiger partial charge in [0.15, 0.2) is 6.29 Å². The Morgan fingerprint density at radius 1 is 1.14 bits per heavy atom. The molecular formula is C12H19N3O5S. The first-order valence-electron chi connectivity index (χ1n) is 6.02. The number of sulfonamides is 1. The monoisotopic (exact) mass is 317 g/mol. The van der Waals surface area contributed by atoms with Gasteiger partial charge in [-0.2, -0.15) is 0 Å². The van der Waals surface area contributed by atoms with Crippen molar-refractivity contribution in [1.82, 2.24) is 5.32 Å². The van der Waals surface area contributed by atoms with Gasteiger partial charge in [0.05, 0.1) is 12.8 Å². The Morgan fingerprint density at radius 2 is 1.67 bits per heavy atom. The summed E-state index contributed by atoms with van der Waals surface area (Å²) in [5.74, 6) is 0. The van der Waals surface area contributed by atoms with E-state index >= 15 is 0 Å². The first-order chi connectivity index (χ1) is 9.84. The second-order valence-corrected chi connectivity index (χ2v) is 5.94. The molecule has 0 bridgehead atoms. The highest BCUT2D eigenvalue weighted by atomic mass is 32.2. The fourth-order valence-corrected chi connectivity index (χ4v) is 2.01. The fourth-order valence-electron chi connectivity index (χ4n) is 1.45. The van der Waals surface area contributed by atoms with Crippen molar-refractivity contribution in [2.24, 2.45) is 0 Å². The SMILES string of the molecule is COC(CNC(=O)Nc1ccc(NS(C)(=O)=O)cc1)OC. The smallest absolute Gasteiger partial charge is 0.319 e. The molecule has 0 aliphatic heterocycles. The molecule has 21 heavy (non-hydrogen) atoms. The van der Waals surface area contributed by atoms with Crippen LogP contribution in [0.4, 0.5) is 16.2 Å². The van der Waals surface area contributed by atoms with Gasteiger partial charge in [-0.05, 0) is 24.3 Å². The van der Waals surface area contributed by atoms with E-state index in [2.05, 4.69) is 15.4 Å². The highest BCUT2D eigenvalue weighted by molar-refractivity contribution is 7.92. The first-order valence-corrected chi connectivity index (χ1v) is 7.91. The number of hydrogen-bond acceptors (Lipinski definition) is 5. The molecule has 0 saturated heterocycles. The number of methoxy groups -OCH3 is 2. The van der Waals surface area contributed by atoms with Gasteiger partial charge in [-0.25, -0.2) is 13.2 Å². The minimum atomic E-state index is -3.31. The van der Waals surface area contributed by atoms with E-state index in [1.165, 1.54) is 14.2 Å².